The van der Waals surface area contributed by atoms with E-state index in [9.17, 15) is 0 Å². The van der Waals surface area contributed by atoms with Crippen molar-refractivity contribution in [2.75, 3.05) is 13.1 Å². The van der Waals surface area contributed by atoms with Crippen LogP contribution >= 0.6 is 22.9 Å². The van der Waals surface area contributed by atoms with Crippen molar-refractivity contribution in [3.63, 3.8) is 0 Å². The maximum Gasteiger partial charge on any atom is 0.186 e. The molecule has 0 atom stereocenters. The predicted octanol–water partition coefficient (Wildman–Crippen LogP) is 3.77. The van der Waals surface area contributed by atoms with Crippen molar-refractivity contribution in [1.82, 2.24) is 9.47 Å². The fourth-order valence-corrected chi connectivity index (χ4v) is 3.93. The third-order valence-electron chi connectivity index (χ3n) is 3.94. The van der Waals surface area contributed by atoms with Gasteiger partial charge in [0.15, 0.2) is 4.80 Å². The number of allylic oxidation sites excluding steroid dienone is 4. The molecule has 2 heterocycles. The second kappa shape index (κ2) is 6.29. The summed E-state index contributed by atoms with van der Waals surface area (Å²) in [6.07, 6.45) is 10.2. The highest BCUT2D eigenvalue weighted by atomic mass is 35.5. The minimum Gasteiger partial charge on any atom is -0.298 e. The molecule has 0 saturated carbocycles. The Morgan fingerprint density at radius 2 is 1.90 bits per heavy atom. The number of piperidine rings is 1. The van der Waals surface area contributed by atoms with Gasteiger partial charge in [0, 0.05) is 17.6 Å². The second-order valence-electron chi connectivity index (χ2n) is 5.42. The van der Waals surface area contributed by atoms with E-state index in [1.807, 2.05) is 4.57 Å². The maximum atomic E-state index is 8.17. The van der Waals surface area contributed by atoms with Gasteiger partial charge in [0.25, 0.3) is 0 Å². The number of nitrogens with one attached hydrogen (secondary N) is 1. The molecule has 3 nitrogen and oxygen atoms in total. The molecule has 20 heavy (non-hydrogen) atoms. The predicted molar refractivity (Wildman–Crippen MR) is 84.7 cm³/mol. The summed E-state index contributed by atoms with van der Waals surface area (Å²) in [5, 5.41) is 11.1. The number of nitrogens with zero attached hydrogens (tertiary/aromatic N) is 2. The van der Waals surface area contributed by atoms with Crippen molar-refractivity contribution >= 4 is 28.6 Å². The number of rotatable bonds is 3. The molecule has 0 spiro atoms. The standard InChI is InChI=1S/C15H20ClN3S/c16-13-6-2-3-7-14(13)19-12(11-20-15(19)17)10-18-8-4-1-5-9-18/h6-7,11,17H,1-5,8-10H2. The molecule has 2 aliphatic rings. The van der Waals surface area contributed by atoms with Crippen LogP contribution in [0.5, 0.6) is 0 Å². The van der Waals surface area contributed by atoms with Crippen LogP contribution in [0, 0.1) is 5.41 Å². The summed E-state index contributed by atoms with van der Waals surface area (Å²) in [5.41, 5.74) is 2.19. The van der Waals surface area contributed by atoms with Crippen LogP contribution in [0.15, 0.2) is 22.6 Å². The molecule has 1 aliphatic heterocycles. The van der Waals surface area contributed by atoms with Crippen molar-refractivity contribution in [3.05, 3.63) is 33.1 Å². The highest BCUT2D eigenvalue weighted by Gasteiger charge is 2.17. The van der Waals surface area contributed by atoms with Crippen LogP contribution in [-0.4, -0.2) is 22.6 Å². The molecular formula is C15H20ClN3S. The molecule has 108 valence electrons. The van der Waals surface area contributed by atoms with Crippen LogP contribution in [0.4, 0.5) is 0 Å². The highest BCUT2D eigenvalue weighted by Crippen LogP contribution is 2.27. The number of aromatic nitrogens is 1. The maximum absolute atomic E-state index is 8.17. The van der Waals surface area contributed by atoms with E-state index >= 15 is 0 Å². The SMILES string of the molecule is N=c1scc(CN2CCCCC2)n1C1=CCCC=C1Cl. The van der Waals surface area contributed by atoms with E-state index in [0.29, 0.717) is 4.80 Å². The van der Waals surface area contributed by atoms with Crippen LogP contribution in [0.3, 0.4) is 0 Å². The van der Waals surface area contributed by atoms with Gasteiger partial charge in [-0.25, -0.2) is 0 Å². The number of hydrogen-bond donors (Lipinski definition) is 1. The summed E-state index contributed by atoms with van der Waals surface area (Å²) in [6.45, 7) is 3.27. The summed E-state index contributed by atoms with van der Waals surface area (Å²) in [5.74, 6) is 0. The zero-order valence-corrected chi connectivity index (χ0v) is 13.1. The third-order valence-corrected chi connectivity index (χ3v) is 5.09. The molecule has 5 heteroatoms. The van der Waals surface area contributed by atoms with E-state index < -0.39 is 0 Å². The Bertz CT molecular complexity index is 591. The molecule has 0 amide bonds. The van der Waals surface area contributed by atoms with Gasteiger partial charge >= 0.3 is 0 Å². The zero-order valence-electron chi connectivity index (χ0n) is 11.6. The second-order valence-corrected chi connectivity index (χ2v) is 6.69. The van der Waals surface area contributed by atoms with E-state index in [0.717, 1.165) is 30.1 Å². The molecule has 1 fully saturated rings. The third kappa shape index (κ3) is 2.92. The van der Waals surface area contributed by atoms with Gasteiger partial charge in [-0.2, -0.15) is 0 Å². The molecule has 1 saturated heterocycles. The lowest BCUT2D eigenvalue weighted by Crippen LogP contribution is -2.31. The van der Waals surface area contributed by atoms with Gasteiger partial charge in [0.1, 0.15) is 0 Å². The molecule has 0 aromatic carbocycles. The average molecular weight is 310 g/mol. The smallest absolute Gasteiger partial charge is 0.186 e. The van der Waals surface area contributed by atoms with Crippen molar-refractivity contribution in [3.8, 4) is 0 Å². The molecule has 0 radical (unpaired) electrons. The molecular weight excluding hydrogens is 290 g/mol. The first-order valence-corrected chi connectivity index (χ1v) is 8.54. The van der Waals surface area contributed by atoms with Gasteiger partial charge in [0.05, 0.1) is 10.7 Å². The van der Waals surface area contributed by atoms with Gasteiger partial charge in [-0.05, 0) is 38.8 Å². The Morgan fingerprint density at radius 1 is 1.15 bits per heavy atom. The number of hydrogen-bond acceptors (Lipinski definition) is 3. The van der Waals surface area contributed by atoms with Gasteiger partial charge in [-0.15, -0.1) is 11.3 Å². The van der Waals surface area contributed by atoms with Gasteiger partial charge in [-0.3, -0.25) is 14.9 Å². The molecule has 1 aromatic heterocycles. The number of halogens is 1. The largest absolute Gasteiger partial charge is 0.298 e. The Hall–Kier alpha value is -0.840. The molecule has 0 bridgehead atoms. The summed E-state index contributed by atoms with van der Waals surface area (Å²) in [4.78, 5) is 3.05. The van der Waals surface area contributed by atoms with Crippen molar-refractivity contribution in [2.24, 2.45) is 0 Å². The normalized spacial score (nSPS) is 20.6. The number of likely N-dealkylation sites (tertiary alicyclic amines) is 1. The summed E-state index contributed by atoms with van der Waals surface area (Å²) >= 11 is 7.83. The Balaban J connectivity index is 1.87. The monoisotopic (exact) mass is 309 g/mol. The van der Waals surface area contributed by atoms with Gasteiger partial charge in [0.2, 0.25) is 0 Å². The molecule has 3 rings (SSSR count). The summed E-state index contributed by atoms with van der Waals surface area (Å²) in [7, 11) is 0. The summed E-state index contributed by atoms with van der Waals surface area (Å²) in [6, 6.07) is 0. The minimum absolute atomic E-state index is 0.566. The fraction of sp³-hybridized carbons (Fsp3) is 0.533. The van der Waals surface area contributed by atoms with Gasteiger partial charge < -0.3 is 0 Å². The Morgan fingerprint density at radius 3 is 2.65 bits per heavy atom. The van der Waals surface area contributed by atoms with Crippen molar-refractivity contribution in [2.45, 2.75) is 38.6 Å². The molecule has 1 aliphatic carbocycles. The first-order valence-electron chi connectivity index (χ1n) is 7.28. The van der Waals surface area contributed by atoms with E-state index in [4.69, 9.17) is 17.0 Å². The quantitative estimate of drug-likeness (QED) is 0.905. The first kappa shape index (κ1) is 14.1. The topological polar surface area (TPSA) is 32.0 Å². The van der Waals surface area contributed by atoms with Crippen LogP contribution in [0.1, 0.15) is 37.8 Å². The molecule has 1 N–H and O–H groups in total. The van der Waals surface area contributed by atoms with E-state index in [1.54, 1.807) is 0 Å². The van der Waals surface area contributed by atoms with E-state index in [1.165, 1.54) is 49.4 Å². The minimum atomic E-state index is 0.566. The lowest BCUT2D eigenvalue weighted by Gasteiger charge is -2.27. The lowest BCUT2D eigenvalue weighted by atomic mass is 10.1. The number of thiazole rings is 1. The molecule has 1 aromatic rings. The lowest BCUT2D eigenvalue weighted by molar-refractivity contribution is 0.217. The van der Waals surface area contributed by atoms with Crippen LogP contribution in [0.25, 0.3) is 5.70 Å². The fourth-order valence-electron chi connectivity index (χ4n) is 2.91. The van der Waals surface area contributed by atoms with E-state index in [-0.39, 0.29) is 0 Å². The van der Waals surface area contributed by atoms with Crippen LogP contribution in [-0.2, 0) is 6.54 Å². The molecule has 0 unspecified atom stereocenters. The average Bonchev–Trinajstić information content (AvgIpc) is 2.82. The Kier molecular flexibility index (Phi) is 4.44. The Labute approximate surface area is 128 Å². The van der Waals surface area contributed by atoms with Crippen molar-refractivity contribution < 1.29 is 0 Å². The first-order chi connectivity index (χ1) is 9.75. The van der Waals surface area contributed by atoms with Crippen LogP contribution < -0.4 is 4.80 Å². The van der Waals surface area contributed by atoms with Gasteiger partial charge in [-0.1, -0.05) is 30.2 Å². The summed E-state index contributed by atoms with van der Waals surface area (Å²) < 4.78 is 2.03. The zero-order chi connectivity index (χ0) is 13.9. The highest BCUT2D eigenvalue weighted by molar-refractivity contribution is 7.07. The van der Waals surface area contributed by atoms with E-state index in [2.05, 4.69) is 22.4 Å². The van der Waals surface area contributed by atoms with Crippen molar-refractivity contribution in [1.29, 1.82) is 5.41 Å². The van der Waals surface area contributed by atoms with Crippen LogP contribution in [0.2, 0.25) is 0 Å².